The van der Waals surface area contributed by atoms with Crippen LogP contribution in [0.25, 0.3) is 0 Å². The van der Waals surface area contributed by atoms with Gasteiger partial charge in [0, 0.05) is 6.54 Å². The predicted octanol–water partition coefficient (Wildman–Crippen LogP) is 3.96. The summed E-state index contributed by atoms with van der Waals surface area (Å²) < 4.78 is 45.9. The van der Waals surface area contributed by atoms with Gasteiger partial charge < -0.3 is 14.5 Å². The smallest absolute Gasteiger partial charge is 0.411 e. The molecule has 0 atom stereocenters. The Balaban J connectivity index is 1.72. The Hall–Kier alpha value is -1.79. The fourth-order valence-electron chi connectivity index (χ4n) is 1.95. The average Bonchev–Trinajstić information content (AvgIpc) is 2.85. The number of halogens is 3. The number of hydrogen-bond donors (Lipinski definition) is 1. The zero-order chi connectivity index (χ0) is 16.0. The number of nitrogens with one attached hydrogen (secondary N) is 1. The predicted molar refractivity (Wildman–Crippen MR) is 76.1 cm³/mol. The molecule has 1 heterocycles. The molecular formula is C16H18F3NO2. The fraction of sp³-hybridized carbons (Fsp3) is 0.375. The minimum absolute atomic E-state index is 0.0428. The maximum atomic E-state index is 12.0. The molecule has 0 saturated carbocycles. The van der Waals surface area contributed by atoms with E-state index in [2.05, 4.69) is 10.1 Å². The quantitative estimate of drug-likeness (QED) is 0.840. The Morgan fingerprint density at radius 2 is 1.68 bits per heavy atom. The van der Waals surface area contributed by atoms with E-state index in [4.69, 9.17) is 4.42 Å². The maximum Gasteiger partial charge on any atom is 0.411 e. The van der Waals surface area contributed by atoms with Gasteiger partial charge in [-0.25, -0.2) is 0 Å². The van der Waals surface area contributed by atoms with Crippen molar-refractivity contribution < 1.29 is 22.3 Å². The largest absolute Gasteiger partial charge is 0.465 e. The highest BCUT2D eigenvalue weighted by atomic mass is 19.4. The lowest BCUT2D eigenvalue weighted by atomic mass is 10.1. The summed E-state index contributed by atoms with van der Waals surface area (Å²) in [4.78, 5) is 0. The van der Waals surface area contributed by atoms with E-state index in [0.29, 0.717) is 13.1 Å². The van der Waals surface area contributed by atoms with E-state index < -0.39 is 12.8 Å². The molecule has 22 heavy (non-hydrogen) atoms. The first-order valence-electron chi connectivity index (χ1n) is 6.91. The molecule has 1 aromatic heterocycles. The van der Waals surface area contributed by atoms with Crippen LogP contribution in [0.2, 0.25) is 0 Å². The number of rotatable bonds is 7. The van der Waals surface area contributed by atoms with Gasteiger partial charge >= 0.3 is 6.18 Å². The number of hydrogen-bond acceptors (Lipinski definition) is 3. The van der Waals surface area contributed by atoms with Crippen molar-refractivity contribution in [2.75, 3.05) is 6.61 Å². The molecule has 0 unspecified atom stereocenters. The van der Waals surface area contributed by atoms with Gasteiger partial charge in [-0.05, 0) is 30.2 Å². The summed E-state index contributed by atoms with van der Waals surface area (Å²) in [5, 5.41) is 3.24. The molecule has 0 aliphatic rings. The van der Waals surface area contributed by atoms with Crippen molar-refractivity contribution in [1.82, 2.24) is 5.32 Å². The first-order chi connectivity index (χ1) is 10.4. The topological polar surface area (TPSA) is 34.4 Å². The van der Waals surface area contributed by atoms with Gasteiger partial charge in [-0.15, -0.1) is 0 Å². The molecule has 2 rings (SSSR count). The van der Waals surface area contributed by atoms with Crippen LogP contribution in [0.1, 0.15) is 22.6 Å². The molecule has 0 spiro atoms. The fourth-order valence-corrected chi connectivity index (χ4v) is 1.95. The molecule has 6 heteroatoms. The number of alkyl halides is 3. The normalized spacial score (nSPS) is 11.8. The summed E-state index contributed by atoms with van der Waals surface area (Å²) in [5.74, 6) is 1.75. The summed E-state index contributed by atoms with van der Waals surface area (Å²) in [6, 6.07) is 11.1. The van der Waals surface area contributed by atoms with Crippen molar-refractivity contribution in [2.24, 2.45) is 0 Å². The molecule has 120 valence electrons. The number of furan rings is 1. The molecule has 0 saturated heterocycles. The van der Waals surface area contributed by atoms with Crippen LogP contribution in [-0.2, 0) is 24.4 Å². The Morgan fingerprint density at radius 1 is 1.00 bits per heavy atom. The van der Waals surface area contributed by atoms with Gasteiger partial charge in [-0.1, -0.05) is 24.3 Å². The lowest BCUT2D eigenvalue weighted by Crippen LogP contribution is -2.16. The minimum atomic E-state index is -4.28. The maximum absolute atomic E-state index is 12.0. The summed E-state index contributed by atoms with van der Waals surface area (Å²) in [5.41, 5.74) is 1.76. The van der Waals surface area contributed by atoms with Crippen molar-refractivity contribution in [3.05, 3.63) is 59.0 Å². The molecule has 0 aliphatic carbocycles. The van der Waals surface area contributed by atoms with Crippen molar-refractivity contribution >= 4 is 0 Å². The Kier molecular flexibility index (Phi) is 5.63. The van der Waals surface area contributed by atoms with Crippen LogP contribution < -0.4 is 5.32 Å². The van der Waals surface area contributed by atoms with Crippen LogP contribution in [-0.4, -0.2) is 12.8 Å². The molecule has 0 radical (unpaired) electrons. The Morgan fingerprint density at radius 3 is 2.27 bits per heavy atom. The van der Waals surface area contributed by atoms with Gasteiger partial charge in [0.2, 0.25) is 0 Å². The molecule has 2 aromatic rings. The van der Waals surface area contributed by atoms with E-state index in [1.807, 2.05) is 31.2 Å². The number of benzene rings is 1. The van der Waals surface area contributed by atoms with E-state index in [1.54, 1.807) is 12.1 Å². The summed E-state index contributed by atoms with van der Waals surface area (Å²) in [7, 11) is 0. The Bertz CT molecular complexity index is 576. The van der Waals surface area contributed by atoms with Crippen molar-refractivity contribution in [1.29, 1.82) is 0 Å². The van der Waals surface area contributed by atoms with Gasteiger partial charge in [0.1, 0.15) is 18.1 Å². The zero-order valence-electron chi connectivity index (χ0n) is 12.2. The van der Waals surface area contributed by atoms with E-state index in [-0.39, 0.29) is 6.61 Å². The van der Waals surface area contributed by atoms with Crippen molar-refractivity contribution in [3.63, 3.8) is 0 Å². The van der Waals surface area contributed by atoms with Crippen LogP contribution in [0, 0.1) is 6.92 Å². The standard InChI is InChI=1S/C16H18F3NO2/c1-12-2-7-15(22-12)9-20-8-13-3-5-14(6-4-13)10-21-11-16(17,18)19/h2-7,20H,8-11H2,1H3. The van der Waals surface area contributed by atoms with Crippen LogP contribution in [0.15, 0.2) is 40.8 Å². The van der Waals surface area contributed by atoms with Crippen molar-refractivity contribution in [3.8, 4) is 0 Å². The zero-order valence-corrected chi connectivity index (χ0v) is 12.2. The number of ether oxygens (including phenoxy) is 1. The van der Waals surface area contributed by atoms with Gasteiger partial charge in [0.25, 0.3) is 0 Å². The first-order valence-corrected chi connectivity index (χ1v) is 6.91. The second-order valence-corrected chi connectivity index (χ2v) is 5.04. The lowest BCUT2D eigenvalue weighted by molar-refractivity contribution is -0.176. The molecule has 0 bridgehead atoms. The van der Waals surface area contributed by atoms with Crippen LogP contribution in [0.4, 0.5) is 13.2 Å². The van der Waals surface area contributed by atoms with Crippen molar-refractivity contribution in [2.45, 2.75) is 32.8 Å². The Labute approximate surface area is 127 Å². The van der Waals surface area contributed by atoms with Gasteiger partial charge in [-0.3, -0.25) is 0 Å². The van der Waals surface area contributed by atoms with E-state index in [1.165, 1.54) is 0 Å². The van der Waals surface area contributed by atoms with E-state index >= 15 is 0 Å². The lowest BCUT2D eigenvalue weighted by Gasteiger charge is -2.08. The highest BCUT2D eigenvalue weighted by Crippen LogP contribution is 2.16. The van der Waals surface area contributed by atoms with Crippen LogP contribution >= 0.6 is 0 Å². The molecule has 1 N–H and O–H groups in total. The molecule has 0 aliphatic heterocycles. The van der Waals surface area contributed by atoms with Crippen LogP contribution in [0.3, 0.4) is 0 Å². The molecule has 0 fully saturated rings. The average molecular weight is 313 g/mol. The monoisotopic (exact) mass is 313 g/mol. The second kappa shape index (κ2) is 7.47. The first kappa shape index (κ1) is 16.6. The minimum Gasteiger partial charge on any atom is -0.465 e. The highest BCUT2D eigenvalue weighted by molar-refractivity contribution is 5.22. The van der Waals surface area contributed by atoms with Gasteiger partial charge in [0.05, 0.1) is 13.2 Å². The molecule has 3 nitrogen and oxygen atoms in total. The third-order valence-corrected chi connectivity index (χ3v) is 2.98. The number of aryl methyl sites for hydroxylation is 1. The van der Waals surface area contributed by atoms with Crippen LogP contribution in [0.5, 0.6) is 0 Å². The van der Waals surface area contributed by atoms with E-state index in [0.717, 1.165) is 22.6 Å². The second-order valence-electron chi connectivity index (χ2n) is 5.04. The molecule has 1 aromatic carbocycles. The third-order valence-electron chi connectivity index (χ3n) is 2.98. The summed E-state index contributed by atoms with van der Waals surface area (Å²) in [6.07, 6.45) is -4.28. The molecular weight excluding hydrogens is 295 g/mol. The van der Waals surface area contributed by atoms with Gasteiger partial charge in [-0.2, -0.15) is 13.2 Å². The third kappa shape index (κ3) is 5.91. The van der Waals surface area contributed by atoms with Gasteiger partial charge in [0.15, 0.2) is 0 Å². The summed E-state index contributed by atoms with van der Waals surface area (Å²) in [6.45, 7) is 1.91. The summed E-state index contributed by atoms with van der Waals surface area (Å²) >= 11 is 0. The highest BCUT2D eigenvalue weighted by Gasteiger charge is 2.27. The molecule has 0 amide bonds. The van der Waals surface area contributed by atoms with E-state index in [9.17, 15) is 13.2 Å². The SMILES string of the molecule is Cc1ccc(CNCc2ccc(COCC(F)(F)F)cc2)o1.